The third kappa shape index (κ3) is 5.62. The van der Waals surface area contributed by atoms with Crippen LogP contribution in [-0.4, -0.2) is 12.6 Å². The fraction of sp³-hybridized carbons (Fsp3) is 0.625. The van der Waals surface area contributed by atoms with Gasteiger partial charge in [-0.05, 0) is 55.5 Å². The second kappa shape index (κ2) is 8.70. The Kier molecular flexibility index (Phi) is 7.62. The molecule has 1 N–H and O–H groups in total. The molecule has 0 aliphatic heterocycles. The highest BCUT2D eigenvalue weighted by atomic mass is 79.9. The van der Waals surface area contributed by atoms with Crippen LogP contribution in [0.2, 0.25) is 0 Å². The van der Waals surface area contributed by atoms with Crippen LogP contribution in [0.4, 0.5) is 4.39 Å². The van der Waals surface area contributed by atoms with Crippen LogP contribution in [0.5, 0.6) is 0 Å². The Hall–Kier alpha value is -0.410. The first-order valence-electron chi connectivity index (χ1n) is 7.25. The van der Waals surface area contributed by atoms with Crippen LogP contribution in [-0.2, 0) is 6.42 Å². The van der Waals surface area contributed by atoms with Gasteiger partial charge < -0.3 is 5.32 Å². The van der Waals surface area contributed by atoms with Gasteiger partial charge in [0.15, 0.2) is 0 Å². The number of nitrogens with one attached hydrogen (secondary N) is 1. The Labute approximate surface area is 125 Å². The van der Waals surface area contributed by atoms with E-state index in [1.54, 1.807) is 12.1 Å². The fourth-order valence-electron chi connectivity index (χ4n) is 2.40. The summed E-state index contributed by atoms with van der Waals surface area (Å²) in [5.74, 6) is 0.447. The maximum atomic E-state index is 13.4. The molecule has 1 aromatic rings. The minimum Gasteiger partial charge on any atom is -0.313 e. The fourth-order valence-corrected chi connectivity index (χ4v) is 2.81. The second-order valence-corrected chi connectivity index (χ2v) is 6.12. The summed E-state index contributed by atoms with van der Waals surface area (Å²) in [7, 11) is 0. The van der Waals surface area contributed by atoms with Crippen LogP contribution < -0.4 is 5.32 Å². The summed E-state index contributed by atoms with van der Waals surface area (Å²) in [6, 6.07) is 5.35. The van der Waals surface area contributed by atoms with Crippen molar-refractivity contribution in [2.24, 2.45) is 5.92 Å². The van der Waals surface area contributed by atoms with Crippen LogP contribution in [0, 0.1) is 11.7 Å². The first kappa shape index (κ1) is 16.6. The second-order valence-electron chi connectivity index (χ2n) is 5.27. The SMILES string of the molecule is CCCNC(Cc1cc(F)ccc1Br)C(C)CCC. The maximum Gasteiger partial charge on any atom is 0.123 e. The van der Waals surface area contributed by atoms with Crippen molar-refractivity contribution in [3.05, 3.63) is 34.1 Å². The summed E-state index contributed by atoms with van der Waals surface area (Å²) in [6.07, 6.45) is 4.39. The molecule has 0 aliphatic rings. The number of hydrogen-bond acceptors (Lipinski definition) is 1. The number of halogens is 2. The number of benzene rings is 1. The molecule has 0 bridgehead atoms. The van der Waals surface area contributed by atoms with Crippen molar-refractivity contribution >= 4 is 15.9 Å². The molecule has 0 aliphatic carbocycles. The Morgan fingerprint density at radius 1 is 1.26 bits per heavy atom. The van der Waals surface area contributed by atoms with Gasteiger partial charge in [-0.15, -0.1) is 0 Å². The molecule has 0 spiro atoms. The molecular weight excluding hydrogens is 305 g/mol. The monoisotopic (exact) mass is 329 g/mol. The van der Waals surface area contributed by atoms with Crippen LogP contribution in [0.1, 0.15) is 45.6 Å². The largest absolute Gasteiger partial charge is 0.313 e. The number of hydrogen-bond donors (Lipinski definition) is 1. The minimum absolute atomic E-state index is 0.157. The molecule has 0 saturated heterocycles. The van der Waals surface area contributed by atoms with Gasteiger partial charge in [0, 0.05) is 10.5 Å². The van der Waals surface area contributed by atoms with Crippen molar-refractivity contribution in [2.45, 2.75) is 52.5 Å². The Bertz CT molecular complexity index is 381. The normalized spacial score (nSPS) is 14.4. The standard InChI is InChI=1S/C16H25BrFN/c1-4-6-12(3)16(19-9-5-2)11-13-10-14(18)7-8-15(13)17/h7-8,10,12,16,19H,4-6,9,11H2,1-3H3. The van der Waals surface area contributed by atoms with Gasteiger partial charge in [-0.1, -0.05) is 43.1 Å². The summed E-state index contributed by atoms with van der Waals surface area (Å²) in [6.45, 7) is 7.69. The average molecular weight is 330 g/mol. The lowest BCUT2D eigenvalue weighted by molar-refractivity contribution is 0.352. The highest BCUT2D eigenvalue weighted by Crippen LogP contribution is 2.22. The predicted molar refractivity (Wildman–Crippen MR) is 84.0 cm³/mol. The predicted octanol–water partition coefficient (Wildman–Crippen LogP) is 4.94. The topological polar surface area (TPSA) is 12.0 Å². The molecule has 2 atom stereocenters. The lowest BCUT2D eigenvalue weighted by Gasteiger charge is -2.25. The quantitative estimate of drug-likeness (QED) is 0.712. The van der Waals surface area contributed by atoms with Gasteiger partial charge >= 0.3 is 0 Å². The molecule has 2 unspecified atom stereocenters. The molecular formula is C16H25BrFN. The number of rotatable bonds is 8. The molecule has 0 radical (unpaired) electrons. The molecule has 0 saturated carbocycles. The molecule has 0 amide bonds. The van der Waals surface area contributed by atoms with E-state index < -0.39 is 0 Å². The van der Waals surface area contributed by atoms with E-state index in [1.165, 1.54) is 18.9 Å². The minimum atomic E-state index is -0.157. The van der Waals surface area contributed by atoms with Crippen LogP contribution in [0.3, 0.4) is 0 Å². The maximum absolute atomic E-state index is 13.4. The molecule has 3 heteroatoms. The van der Waals surface area contributed by atoms with Gasteiger partial charge in [0.2, 0.25) is 0 Å². The average Bonchev–Trinajstić information content (AvgIpc) is 2.38. The molecule has 1 rings (SSSR count). The van der Waals surface area contributed by atoms with E-state index in [2.05, 4.69) is 42.0 Å². The summed E-state index contributed by atoms with van der Waals surface area (Å²) in [5.41, 5.74) is 1.05. The van der Waals surface area contributed by atoms with Crippen molar-refractivity contribution in [3.8, 4) is 0 Å². The first-order chi connectivity index (χ1) is 9.08. The van der Waals surface area contributed by atoms with Gasteiger partial charge in [0.05, 0.1) is 0 Å². The molecule has 0 aromatic heterocycles. The molecule has 0 fully saturated rings. The highest BCUT2D eigenvalue weighted by molar-refractivity contribution is 9.10. The van der Waals surface area contributed by atoms with E-state index in [0.29, 0.717) is 12.0 Å². The van der Waals surface area contributed by atoms with Gasteiger partial charge in [-0.3, -0.25) is 0 Å². The van der Waals surface area contributed by atoms with E-state index in [1.807, 2.05) is 0 Å². The third-order valence-corrected chi connectivity index (χ3v) is 4.31. The van der Waals surface area contributed by atoms with Crippen molar-refractivity contribution in [1.29, 1.82) is 0 Å². The summed E-state index contributed by atoms with van der Waals surface area (Å²) in [5, 5.41) is 3.61. The van der Waals surface area contributed by atoms with Crippen molar-refractivity contribution in [1.82, 2.24) is 5.32 Å². The Morgan fingerprint density at radius 3 is 2.63 bits per heavy atom. The zero-order chi connectivity index (χ0) is 14.3. The Balaban J connectivity index is 2.77. The molecule has 1 aromatic carbocycles. The Morgan fingerprint density at radius 2 is 2.00 bits per heavy atom. The first-order valence-corrected chi connectivity index (χ1v) is 8.05. The lowest BCUT2D eigenvalue weighted by Crippen LogP contribution is -2.37. The van der Waals surface area contributed by atoms with Crippen molar-refractivity contribution in [3.63, 3.8) is 0 Å². The van der Waals surface area contributed by atoms with E-state index >= 15 is 0 Å². The zero-order valence-corrected chi connectivity index (χ0v) is 13.8. The van der Waals surface area contributed by atoms with Gasteiger partial charge in [0.1, 0.15) is 5.82 Å². The van der Waals surface area contributed by atoms with Crippen LogP contribution in [0.15, 0.2) is 22.7 Å². The van der Waals surface area contributed by atoms with E-state index in [-0.39, 0.29) is 5.82 Å². The smallest absolute Gasteiger partial charge is 0.123 e. The van der Waals surface area contributed by atoms with Gasteiger partial charge in [0.25, 0.3) is 0 Å². The van der Waals surface area contributed by atoms with E-state index in [0.717, 1.165) is 29.4 Å². The van der Waals surface area contributed by atoms with Crippen LogP contribution >= 0.6 is 15.9 Å². The molecule has 19 heavy (non-hydrogen) atoms. The molecule has 108 valence electrons. The van der Waals surface area contributed by atoms with Gasteiger partial charge in [-0.2, -0.15) is 0 Å². The zero-order valence-electron chi connectivity index (χ0n) is 12.2. The van der Waals surface area contributed by atoms with Gasteiger partial charge in [-0.25, -0.2) is 4.39 Å². The van der Waals surface area contributed by atoms with E-state index in [4.69, 9.17) is 0 Å². The lowest BCUT2D eigenvalue weighted by atomic mass is 9.91. The molecule has 0 heterocycles. The van der Waals surface area contributed by atoms with Crippen molar-refractivity contribution < 1.29 is 4.39 Å². The summed E-state index contributed by atoms with van der Waals surface area (Å²) >= 11 is 3.52. The summed E-state index contributed by atoms with van der Waals surface area (Å²) in [4.78, 5) is 0. The third-order valence-electron chi connectivity index (χ3n) is 3.54. The summed E-state index contributed by atoms with van der Waals surface area (Å²) < 4.78 is 14.4. The highest BCUT2D eigenvalue weighted by Gasteiger charge is 2.17. The van der Waals surface area contributed by atoms with Crippen molar-refractivity contribution in [2.75, 3.05) is 6.54 Å². The van der Waals surface area contributed by atoms with Crippen LogP contribution in [0.25, 0.3) is 0 Å². The van der Waals surface area contributed by atoms with E-state index in [9.17, 15) is 4.39 Å². The molecule has 1 nitrogen and oxygen atoms in total.